The third kappa shape index (κ3) is 25.2. The maximum atomic E-state index is 11.2. The van der Waals surface area contributed by atoms with Crippen molar-refractivity contribution < 1.29 is 9.90 Å². The smallest absolute Gasteiger partial charge is 0.304 e. The summed E-state index contributed by atoms with van der Waals surface area (Å²) in [5, 5.41) is 9.20. The van der Waals surface area contributed by atoms with Gasteiger partial charge in [0.25, 0.3) is 0 Å². The quantitative estimate of drug-likeness (QED) is 0.0706. The number of carboxylic acid groups (broad SMARTS) is 1. The molecule has 2 rings (SSSR count). The number of unbranched alkanes of at least 4 members (excludes halogenated alkanes) is 20. The first-order chi connectivity index (χ1) is 21.6. The van der Waals surface area contributed by atoms with Crippen LogP contribution in [-0.4, -0.2) is 35.6 Å². The van der Waals surface area contributed by atoms with Crippen molar-refractivity contribution in [3.8, 4) is 0 Å². The number of hydrogen-bond donors (Lipinski definition) is 1. The minimum Gasteiger partial charge on any atom is -0.481 e. The third-order valence-corrected chi connectivity index (χ3v) is 11.2. The van der Waals surface area contributed by atoms with Gasteiger partial charge in [-0.15, -0.1) is 0 Å². The second-order valence-corrected chi connectivity index (χ2v) is 15.4. The number of nitrogens with zero attached hydrogens (tertiary/aromatic N) is 1. The van der Waals surface area contributed by atoms with Crippen molar-refractivity contribution in [1.82, 2.24) is 4.90 Å². The Hall–Kier alpha value is -0.570. The van der Waals surface area contributed by atoms with Gasteiger partial charge in [0.2, 0.25) is 0 Å². The van der Waals surface area contributed by atoms with Crippen molar-refractivity contribution in [2.24, 2.45) is 23.7 Å². The predicted molar refractivity (Wildman–Crippen MR) is 199 cm³/mol. The van der Waals surface area contributed by atoms with E-state index in [-0.39, 0.29) is 7.43 Å². The first kappa shape index (κ1) is 42.5. The topological polar surface area (TPSA) is 40.5 Å². The predicted octanol–water partition coefficient (Wildman–Crippen LogP) is 13.6. The highest BCUT2D eigenvalue weighted by Gasteiger charge is 2.35. The molecule has 0 saturated heterocycles. The summed E-state index contributed by atoms with van der Waals surface area (Å²) in [6.07, 6.45) is 43.0. The van der Waals surface area contributed by atoms with Crippen molar-refractivity contribution in [2.75, 3.05) is 19.6 Å². The standard InChI is InChI=1S/C41H79NO2.CH4/c1-3-5-7-9-15-21-27-37-35-39(37)29-23-17-11-13-19-25-32-42(34-31-41(43)44)33-26-20-14-12-18-24-30-40-36-38(40)28-22-16-10-8-6-4-2;/h37-40H,3-36H2,1-2H3,(H,43,44);1H4. The SMILES string of the molecule is C.CCCCCCCCC1CC1CCCCCCCCN(CCCCCCCCC1CC1CCCCCCCC)CCC(=O)O. The van der Waals surface area contributed by atoms with Crippen LogP contribution in [0.25, 0.3) is 0 Å². The molecule has 0 aliphatic heterocycles. The third-order valence-electron chi connectivity index (χ3n) is 11.2. The Balaban J connectivity index is 0.0000101. The summed E-state index contributed by atoms with van der Waals surface area (Å²) in [4.78, 5) is 13.6. The fraction of sp³-hybridized carbons (Fsp3) is 0.976. The molecule has 0 radical (unpaired) electrons. The average molecular weight is 634 g/mol. The van der Waals surface area contributed by atoms with Crippen LogP contribution >= 0.6 is 0 Å². The maximum Gasteiger partial charge on any atom is 0.304 e. The largest absolute Gasteiger partial charge is 0.481 e. The number of carboxylic acids is 1. The second kappa shape index (κ2) is 29.6. The van der Waals surface area contributed by atoms with Gasteiger partial charge >= 0.3 is 5.97 Å². The minimum absolute atomic E-state index is 0. The fourth-order valence-electron chi connectivity index (χ4n) is 7.90. The lowest BCUT2D eigenvalue weighted by atomic mass is 10.0. The van der Waals surface area contributed by atoms with Gasteiger partial charge in [-0.1, -0.05) is 188 Å². The molecule has 0 amide bonds. The Morgan fingerprint density at radius 1 is 0.467 bits per heavy atom. The normalized spacial score (nSPS) is 20.4. The number of hydrogen-bond acceptors (Lipinski definition) is 2. The van der Waals surface area contributed by atoms with Crippen molar-refractivity contribution in [1.29, 1.82) is 0 Å². The van der Waals surface area contributed by atoms with Crippen LogP contribution in [0.15, 0.2) is 0 Å². The highest BCUT2D eigenvalue weighted by molar-refractivity contribution is 5.66. The number of carbonyl (C=O) groups is 1. The zero-order valence-corrected chi connectivity index (χ0v) is 30.2. The Kier molecular flexibility index (Phi) is 27.9. The van der Waals surface area contributed by atoms with E-state index in [4.69, 9.17) is 0 Å². The van der Waals surface area contributed by atoms with Gasteiger partial charge in [-0.05, 0) is 62.4 Å². The fourth-order valence-corrected chi connectivity index (χ4v) is 7.90. The molecule has 0 aromatic heterocycles. The highest BCUT2D eigenvalue weighted by atomic mass is 16.4. The van der Waals surface area contributed by atoms with E-state index in [9.17, 15) is 9.90 Å². The van der Waals surface area contributed by atoms with Crippen molar-refractivity contribution in [2.45, 2.75) is 220 Å². The average Bonchev–Trinajstić information content (AvgIpc) is 3.94. The highest BCUT2D eigenvalue weighted by Crippen LogP contribution is 2.46. The van der Waals surface area contributed by atoms with Crippen LogP contribution in [-0.2, 0) is 4.79 Å². The van der Waals surface area contributed by atoms with Gasteiger partial charge in [-0.25, -0.2) is 0 Å². The van der Waals surface area contributed by atoms with Gasteiger partial charge in [0.1, 0.15) is 0 Å². The molecule has 2 aliphatic carbocycles. The van der Waals surface area contributed by atoms with E-state index < -0.39 is 5.97 Å². The van der Waals surface area contributed by atoms with Crippen molar-refractivity contribution in [3.05, 3.63) is 0 Å². The van der Waals surface area contributed by atoms with Gasteiger partial charge in [-0.2, -0.15) is 0 Å². The van der Waals surface area contributed by atoms with E-state index in [2.05, 4.69) is 18.7 Å². The van der Waals surface area contributed by atoms with Crippen LogP contribution in [0.3, 0.4) is 0 Å². The van der Waals surface area contributed by atoms with E-state index in [1.807, 2.05) is 0 Å². The van der Waals surface area contributed by atoms with E-state index in [0.29, 0.717) is 6.42 Å². The van der Waals surface area contributed by atoms with Gasteiger partial charge in [-0.3, -0.25) is 4.79 Å². The van der Waals surface area contributed by atoms with Crippen molar-refractivity contribution >= 4 is 5.97 Å². The van der Waals surface area contributed by atoms with Crippen molar-refractivity contribution in [3.63, 3.8) is 0 Å². The molecule has 4 atom stereocenters. The Morgan fingerprint density at radius 2 is 0.756 bits per heavy atom. The lowest BCUT2D eigenvalue weighted by Crippen LogP contribution is -2.28. The van der Waals surface area contributed by atoms with Crippen LogP contribution < -0.4 is 0 Å². The molecule has 268 valence electrons. The van der Waals surface area contributed by atoms with Gasteiger partial charge in [0.15, 0.2) is 0 Å². The van der Waals surface area contributed by atoms with E-state index in [1.54, 1.807) is 0 Å². The molecule has 2 saturated carbocycles. The zero-order valence-electron chi connectivity index (χ0n) is 30.2. The summed E-state index contributed by atoms with van der Waals surface area (Å²) in [5.41, 5.74) is 0. The molecular weight excluding hydrogens is 550 g/mol. The molecule has 3 heteroatoms. The van der Waals surface area contributed by atoms with Crippen LogP contribution in [0.5, 0.6) is 0 Å². The summed E-state index contributed by atoms with van der Waals surface area (Å²) in [5.74, 6) is 3.66. The van der Waals surface area contributed by atoms with Crippen LogP contribution in [0, 0.1) is 23.7 Å². The molecule has 0 spiro atoms. The first-order valence-corrected chi connectivity index (χ1v) is 20.6. The van der Waals surface area contributed by atoms with E-state index >= 15 is 0 Å². The van der Waals surface area contributed by atoms with Crippen LogP contribution in [0.1, 0.15) is 220 Å². The van der Waals surface area contributed by atoms with Crippen LogP contribution in [0.2, 0.25) is 0 Å². The Bertz CT molecular complexity index is 605. The maximum absolute atomic E-state index is 11.2. The first-order valence-electron chi connectivity index (χ1n) is 20.6. The summed E-state index contributed by atoms with van der Waals surface area (Å²) in [6, 6.07) is 0. The lowest BCUT2D eigenvalue weighted by Gasteiger charge is -2.21. The summed E-state index contributed by atoms with van der Waals surface area (Å²) in [7, 11) is 0. The molecule has 2 aliphatic rings. The summed E-state index contributed by atoms with van der Waals surface area (Å²) >= 11 is 0. The Labute approximate surface area is 283 Å². The van der Waals surface area contributed by atoms with E-state index in [0.717, 1.165) is 43.3 Å². The second-order valence-electron chi connectivity index (χ2n) is 15.4. The van der Waals surface area contributed by atoms with Gasteiger partial charge in [0, 0.05) is 6.54 Å². The number of aliphatic carboxylic acids is 1. The van der Waals surface area contributed by atoms with E-state index in [1.165, 1.54) is 193 Å². The molecule has 3 nitrogen and oxygen atoms in total. The minimum atomic E-state index is -0.648. The molecular formula is C42H83NO2. The molecule has 0 aromatic carbocycles. The van der Waals surface area contributed by atoms with Crippen LogP contribution in [0.4, 0.5) is 0 Å². The number of rotatable bonds is 35. The summed E-state index contributed by atoms with van der Waals surface area (Å²) in [6.45, 7) is 7.53. The zero-order chi connectivity index (χ0) is 31.5. The Morgan fingerprint density at radius 3 is 1.07 bits per heavy atom. The molecule has 45 heavy (non-hydrogen) atoms. The molecule has 0 aromatic rings. The molecule has 0 heterocycles. The molecule has 2 fully saturated rings. The molecule has 1 N–H and O–H groups in total. The molecule has 4 unspecified atom stereocenters. The van der Waals surface area contributed by atoms with Gasteiger partial charge in [0.05, 0.1) is 6.42 Å². The summed E-state index contributed by atoms with van der Waals surface area (Å²) < 4.78 is 0. The van der Waals surface area contributed by atoms with Gasteiger partial charge < -0.3 is 10.0 Å². The molecule has 0 bridgehead atoms. The monoisotopic (exact) mass is 634 g/mol. The lowest BCUT2D eigenvalue weighted by molar-refractivity contribution is -0.137.